The SMILES string of the molecule is N#Cc1cc(CO)cs1.OCc1csc(I)c1. The molecule has 6 heteroatoms. The van der Waals surface area contributed by atoms with Gasteiger partial charge in [0.05, 0.1) is 16.1 Å². The average Bonchev–Trinajstić information content (AvgIpc) is 2.97. The minimum absolute atomic E-state index is 0.0260. The van der Waals surface area contributed by atoms with E-state index in [1.54, 1.807) is 22.8 Å². The smallest absolute Gasteiger partial charge is 0.110 e. The molecule has 0 aliphatic rings. The van der Waals surface area contributed by atoms with Crippen molar-refractivity contribution in [1.82, 2.24) is 0 Å². The van der Waals surface area contributed by atoms with Crippen LogP contribution < -0.4 is 0 Å². The molecular formula is C11H10INO2S2. The van der Waals surface area contributed by atoms with Crippen LogP contribution in [0.15, 0.2) is 22.9 Å². The predicted molar refractivity (Wildman–Crippen MR) is 77.9 cm³/mol. The Labute approximate surface area is 121 Å². The predicted octanol–water partition coefficient (Wildman–Crippen LogP) is 2.96. The molecule has 90 valence electrons. The molecule has 0 radical (unpaired) electrons. The van der Waals surface area contributed by atoms with Crippen molar-refractivity contribution < 1.29 is 10.2 Å². The summed E-state index contributed by atoms with van der Waals surface area (Å²) >= 11 is 5.24. The van der Waals surface area contributed by atoms with Crippen LogP contribution in [0, 0.1) is 14.2 Å². The lowest BCUT2D eigenvalue weighted by Crippen LogP contribution is -1.73. The Morgan fingerprint density at radius 2 is 1.71 bits per heavy atom. The Balaban J connectivity index is 0.000000171. The maximum Gasteiger partial charge on any atom is 0.110 e. The first-order chi connectivity index (χ1) is 8.19. The van der Waals surface area contributed by atoms with Crippen LogP contribution in [0.3, 0.4) is 0 Å². The summed E-state index contributed by atoms with van der Waals surface area (Å²) in [7, 11) is 0. The molecule has 0 bridgehead atoms. The normalized spacial score (nSPS) is 9.29. The average molecular weight is 379 g/mol. The van der Waals surface area contributed by atoms with E-state index in [0.717, 1.165) is 11.1 Å². The van der Waals surface area contributed by atoms with Gasteiger partial charge in [0.25, 0.3) is 0 Å². The number of nitrogens with zero attached hydrogens (tertiary/aromatic N) is 1. The second-order valence-electron chi connectivity index (χ2n) is 3.01. The van der Waals surface area contributed by atoms with Gasteiger partial charge < -0.3 is 10.2 Å². The Kier molecular flexibility index (Phi) is 6.69. The molecule has 0 unspecified atom stereocenters. The number of nitriles is 1. The van der Waals surface area contributed by atoms with Crippen molar-refractivity contribution in [2.45, 2.75) is 13.2 Å². The van der Waals surface area contributed by atoms with Crippen LogP contribution in [0.1, 0.15) is 16.0 Å². The Morgan fingerprint density at radius 1 is 1.12 bits per heavy atom. The van der Waals surface area contributed by atoms with Crippen LogP contribution in [0.2, 0.25) is 0 Å². The summed E-state index contributed by atoms with van der Waals surface area (Å²) in [6.45, 7) is 0.192. The molecule has 2 rings (SSSR count). The molecular weight excluding hydrogens is 369 g/mol. The van der Waals surface area contributed by atoms with Crippen LogP contribution in [0.5, 0.6) is 0 Å². The van der Waals surface area contributed by atoms with Gasteiger partial charge in [-0.1, -0.05) is 0 Å². The molecule has 0 aromatic carbocycles. The lowest BCUT2D eigenvalue weighted by atomic mass is 10.3. The van der Waals surface area contributed by atoms with Crippen molar-refractivity contribution in [3.05, 3.63) is 41.8 Å². The van der Waals surface area contributed by atoms with Crippen molar-refractivity contribution in [3.8, 4) is 6.07 Å². The van der Waals surface area contributed by atoms with E-state index in [1.165, 1.54) is 14.2 Å². The third kappa shape index (κ3) is 5.14. The van der Waals surface area contributed by atoms with E-state index in [0.29, 0.717) is 4.88 Å². The van der Waals surface area contributed by atoms with Gasteiger partial charge in [-0.15, -0.1) is 22.7 Å². The largest absolute Gasteiger partial charge is 0.392 e. The molecule has 17 heavy (non-hydrogen) atoms. The minimum atomic E-state index is 0.0260. The zero-order valence-corrected chi connectivity index (χ0v) is 12.6. The van der Waals surface area contributed by atoms with Gasteiger partial charge in [0, 0.05) is 0 Å². The Hall–Kier alpha value is -0.460. The lowest BCUT2D eigenvalue weighted by molar-refractivity contribution is 0.282. The fraction of sp³-hybridized carbons (Fsp3) is 0.182. The van der Waals surface area contributed by atoms with Crippen LogP contribution in [0.25, 0.3) is 0 Å². The van der Waals surface area contributed by atoms with Crippen molar-refractivity contribution in [3.63, 3.8) is 0 Å². The summed E-state index contributed by atoms with van der Waals surface area (Å²) in [4.78, 5) is 0.652. The summed E-state index contributed by atoms with van der Waals surface area (Å²) in [5.74, 6) is 0. The first-order valence-electron chi connectivity index (χ1n) is 4.61. The Bertz CT molecular complexity index is 502. The van der Waals surface area contributed by atoms with Gasteiger partial charge in [0.15, 0.2) is 0 Å². The molecule has 0 saturated carbocycles. The molecule has 0 aliphatic carbocycles. The molecule has 3 nitrogen and oxygen atoms in total. The molecule has 0 spiro atoms. The highest BCUT2D eigenvalue weighted by atomic mass is 127. The fourth-order valence-corrected chi connectivity index (χ4v) is 3.05. The van der Waals surface area contributed by atoms with E-state index >= 15 is 0 Å². The van der Waals surface area contributed by atoms with E-state index in [2.05, 4.69) is 22.6 Å². The highest BCUT2D eigenvalue weighted by molar-refractivity contribution is 14.1. The molecule has 0 fully saturated rings. The lowest BCUT2D eigenvalue weighted by Gasteiger charge is -1.79. The first-order valence-corrected chi connectivity index (χ1v) is 7.45. The second kappa shape index (κ2) is 7.79. The van der Waals surface area contributed by atoms with Gasteiger partial charge in [0.2, 0.25) is 0 Å². The van der Waals surface area contributed by atoms with Gasteiger partial charge in [0.1, 0.15) is 10.9 Å². The first kappa shape index (κ1) is 14.6. The van der Waals surface area contributed by atoms with E-state index in [-0.39, 0.29) is 13.2 Å². The highest BCUT2D eigenvalue weighted by Gasteiger charge is 1.94. The summed E-state index contributed by atoms with van der Waals surface area (Å²) < 4.78 is 1.23. The standard InChI is InChI=1S/C6H5NOS.C5H5IOS/c7-2-6-1-5(3-8)4-9-6;6-5-1-4(2-7)3-8-5/h1,4,8H,3H2;1,3,7H,2H2. The van der Waals surface area contributed by atoms with E-state index in [4.69, 9.17) is 15.5 Å². The number of hydrogen-bond donors (Lipinski definition) is 2. The summed E-state index contributed by atoms with van der Waals surface area (Å²) in [5, 5.41) is 29.2. The van der Waals surface area contributed by atoms with Gasteiger partial charge in [-0.25, -0.2) is 0 Å². The third-order valence-electron chi connectivity index (χ3n) is 1.75. The zero-order chi connectivity index (χ0) is 12.7. The maximum atomic E-state index is 8.55. The fourth-order valence-electron chi connectivity index (χ4n) is 0.946. The molecule has 0 atom stereocenters. The Morgan fingerprint density at radius 3 is 2.00 bits per heavy atom. The zero-order valence-electron chi connectivity index (χ0n) is 8.76. The maximum absolute atomic E-state index is 8.55. The third-order valence-corrected chi connectivity index (χ3v) is 4.47. The van der Waals surface area contributed by atoms with Crippen LogP contribution >= 0.6 is 45.3 Å². The molecule has 2 aromatic rings. The molecule has 2 heterocycles. The van der Waals surface area contributed by atoms with E-state index in [1.807, 2.05) is 17.5 Å². The molecule has 0 amide bonds. The number of halogens is 1. The summed E-state index contributed by atoms with van der Waals surface area (Å²) in [5.41, 5.74) is 1.83. The van der Waals surface area contributed by atoms with Crippen molar-refractivity contribution in [1.29, 1.82) is 5.26 Å². The van der Waals surface area contributed by atoms with Gasteiger partial charge in [-0.3, -0.25) is 0 Å². The van der Waals surface area contributed by atoms with Gasteiger partial charge in [-0.2, -0.15) is 5.26 Å². The molecule has 0 saturated heterocycles. The number of thiophene rings is 2. The van der Waals surface area contributed by atoms with Crippen molar-refractivity contribution >= 4 is 45.3 Å². The van der Waals surface area contributed by atoms with Gasteiger partial charge in [-0.05, 0) is 56.6 Å². The minimum Gasteiger partial charge on any atom is -0.392 e. The number of aliphatic hydroxyl groups is 2. The van der Waals surface area contributed by atoms with Crippen molar-refractivity contribution in [2.24, 2.45) is 0 Å². The number of rotatable bonds is 2. The van der Waals surface area contributed by atoms with E-state index in [9.17, 15) is 0 Å². The topological polar surface area (TPSA) is 64.2 Å². The molecule has 2 N–H and O–H groups in total. The van der Waals surface area contributed by atoms with Crippen LogP contribution in [0.4, 0.5) is 0 Å². The summed E-state index contributed by atoms with van der Waals surface area (Å²) in [6.07, 6.45) is 0. The quantitative estimate of drug-likeness (QED) is 0.789. The second-order valence-corrected chi connectivity index (χ2v) is 6.72. The monoisotopic (exact) mass is 379 g/mol. The van der Waals surface area contributed by atoms with Crippen LogP contribution in [-0.2, 0) is 13.2 Å². The van der Waals surface area contributed by atoms with Crippen LogP contribution in [-0.4, -0.2) is 10.2 Å². The van der Waals surface area contributed by atoms with Gasteiger partial charge >= 0.3 is 0 Å². The highest BCUT2D eigenvalue weighted by Crippen LogP contribution is 2.15. The number of hydrogen-bond acceptors (Lipinski definition) is 5. The van der Waals surface area contributed by atoms with E-state index < -0.39 is 0 Å². The summed E-state index contributed by atoms with van der Waals surface area (Å²) in [6, 6.07) is 5.65. The molecule has 0 aliphatic heterocycles. The number of aliphatic hydroxyl groups excluding tert-OH is 2. The van der Waals surface area contributed by atoms with Crippen molar-refractivity contribution in [2.75, 3.05) is 0 Å². The molecule has 2 aromatic heterocycles.